The van der Waals surface area contributed by atoms with Crippen LogP contribution in [0.1, 0.15) is 25.7 Å². The van der Waals surface area contributed by atoms with Gasteiger partial charge in [-0.2, -0.15) is 0 Å². The van der Waals surface area contributed by atoms with Crippen LogP contribution in [-0.4, -0.2) is 64.9 Å². The molecule has 122 valence electrons. The normalized spacial score (nSPS) is 23.3. The van der Waals surface area contributed by atoms with E-state index in [0.29, 0.717) is 0 Å². The van der Waals surface area contributed by atoms with Crippen molar-refractivity contribution >= 4 is 17.9 Å². The molecule has 0 spiro atoms. The number of carbonyl (C=O) groups is 3. The standard InChI is InChI=1S/2C5H9NO2.C2H5NO2/c2*7-5(8)4-2-1-3-6-4;3-1-2(4)5/h2*4,6H,1-3H2,(H,7,8);1,3H2,(H,4,5). The van der Waals surface area contributed by atoms with Gasteiger partial charge in [0.2, 0.25) is 0 Å². The van der Waals surface area contributed by atoms with Crippen molar-refractivity contribution in [1.29, 1.82) is 0 Å². The fourth-order valence-corrected chi connectivity index (χ4v) is 1.79. The van der Waals surface area contributed by atoms with E-state index in [0.717, 1.165) is 38.8 Å². The molecule has 2 rings (SSSR count). The van der Waals surface area contributed by atoms with Gasteiger partial charge in [-0.25, -0.2) is 0 Å². The van der Waals surface area contributed by atoms with Gasteiger partial charge in [-0.1, -0.05) is 0 Å². The number of hydrogen-bond donors (Lipinski definition) is 6. The van der Waals surface area contributed by atoms with E-state index in [9.17, 15) is 14.4 Å². The molecule has 2 aliphatic heterocycles. The third-order valence-corrected chi connectivity index (χ3v) is 2.89. The molecule has 0 aromatic rings. The van der Waals surface area contributed by atoms with Crippen molar-refractivity contribution in [2.45, 2.75) is 37.8 Å². The number of nitrogens with one attached hydrogen (secondary N) is 2. The molecule has 21 heavy (non-hydrogen) atoms. The zero-order chi connectivity index (χ0) is 16.3. The second-order valence-corrected chi connectivity index (χ2v) is 4.57. The fourth-order valence-electron chi connectivity index (χ4n) is 1.79. The summed E-state index contributed by atoms with van der Waals surface area (Å²) in [6.07, 6.45) is 3.57. The number of rotatable bonds is 3. The second-order valence-electron chi connectivity index (χ2n) is 4.57. The van der Waals surface area contributed by atoms with Crippen LogP contribution in [-0.2, 0) is 14.4 Å². The maximum absolute atomic E-state index is 10.1. The Morgan fingerprint density at radius 3 is 1.33 bits per heavy atom. The Morgan fingerprint density at radius 1 is 0.905 bits per heavy atom. The Kier molecular flexibility index (Phi) is 10.1. The molecule has 2 fully saturated rings. The highest BCUT2D eigenvalue weighted by Gasteiger charge is 2.20. The average Bonchev–Trinajstić information content (AvgIpc) is 3.13. The molecule has 2 saturated heterocycles. The first kappa shape index (κ1) is 19.3. The molecule has 0 aliphatic carbocycles. The summed E-state index contributed by atoms with van der Waals surface area (Å²) in [6.45, 7) is 1.44. The Bertz CT molecular complexity index is 312. The largest absolute Gasteiger partial charge is 0.480 e. The van der Waals surface area contributed by atoms with Gasteiger partial charge in [0.05, 0.1) is 6.54 Å². The van der Waals surface area contributed by atoms with Gasteiger partial charge in [0.25, 0.3) is 0 Å². The highest BCUT2D eigenvalue weighted by atomic mass is 16.4. The lowest BCUT2D eigenvalue weighted by atomic mass is 10.2. The zero-order valence-corrected chi connectivity index (χ0v) is 11.7. The van der Waals surface area contributed by atoms with Crippen molar-refractivity contribution in [1.82, 2.24) is 10.6 Å². The van der Waals surface area contributed by atoms with Gasteiger partial charge in [-0.3, -0.25) is 14.4 Å². The van der Waals surface area contributed by atoms with Gasteiger partial charge >= 0.3 is 17.9 Å². The van der Waals surface area contributed by atoms with E-state index < -0.39 is 17.9 Å². The SMILES string of the molecule is NCC(=O)O.O=C(O)C1CCCN1.O=C(O)C1CCCN1. The summed E-state index contributed by atoms with van der Waals surface area (Å²) in [5.74, 6) is -2.41. The van der Waals surface area contributed by atoms with Crippen LogP contribution in [0.2, 0.25) is 0 Å². The van der Waals surface area contributed by atoms with Crippen LogP contribution >= 0.6 is 0 Å². The lowest BCUT2D eigenvalue weighted by molar-refractivity contribution is -0.140. The zero-order valence-electron chi connectivity index (χ0n) is 11.7. The van der Waals surface area contributed by atoms with Crippen LogP contribution in [0.15, 0.2) is 0 Å². The van der Waals surface area contributed by atoms with Crippen LogP contribution in [0.25, 0.3) is 0 Å². The molecular formula is C12H23N3O6. The first-order valence-electron chi connectivity index (χ1n) is 6.72. The van der Waals surface area contributed by atoms with Crippen LogP contribution in [0.3, 0.4) is 0 Å². The third kappa shape index (κ3) is 9.77. The first-order valence-corrected chi connectivity index (χ1v) is 6.72. The van der Waals surface area contributed by atoms with E-state index in [2.05, 4.69) is 16.4 Å². The van der Waals surface area contributed by atoms with Crippen molar-refractivity contribution in [3.05, 3.63) is 0 Å². The summed E-state index contributed by atoms with van der Waals surface area (Å²) >= 11 is 0. The molecule has 2 aliphatic rings. The smallest absolute Gasteiger partial charge is 0.320 e. The Morgan fingerprint density at radius 2 is 1.24 bits per heavy atom. The summed E-state index contributed by atoms with van der Waals surface area (Å²) in [7, 11) is 0. The predicted octanol–water partition coefficient (Wildman–Crippen LogP) is -1.32. The first-order chi connectivity index (χ1) is 9.88. The van der Waals surface area contributed by atoms with E-state index in [4.69, 9.17) is 15.3 Å². The quantitative estimate of drug-likeness (QED) is 0.371. The molecule has 2 heterocycles. The van der Waals surface area contributed by atoms with Crippen LogP contribution < -0.4 is 16.4 Å². The number of carboxylic acid groups (broad SMARTS) is 3. The Balaban J connectivity index is 0.000000296. The number of nitrogens with two attached hydrogens (primary N) is 1. The second kappa shape index (κ2) is 11.0. The van der Waals surface area contributed by atoms with E-state index in [1.165, 1.54) is 0 Å². The number of aliphatic carboxylic acids is 3. The molecule has 2 unspecified atom stereocenters. The van der Waals surface area contributed by atoms with Crippen molar-refractivity contribution in [3.8, 4) is 0 Å². The van der Waals surface area contributed by atoms with Crippen LogP contribution in [0.4, 0.5) is 0 Å². The number of carboxylic acids is 3. The van der Waals surface area contributed by atoms with E-state index in [1.54, 1.807) is 0 Å². The van der Waals surface area contributed by atoms with Gasteiger partial charge in [0, 0.05) is 0 Å². The minimum atomic E-state index is -0.968. The Hall–Kier alpha value is -1.71. The highest BCUT2D eigenvalue weighted by molar-refractivity contribution is 5.74. The monoisotopic (exact) mass is 305 g/mol. The van der Waals surface area contributed by atoms with Crippen molar-refractivity contribution < 1.29 is 29.7 Å². The summed E-state index contributed by atoms with van der Waals surface area (Å²) < 4.78 is 0. The molecule has 9 heteroatoms. The third-order valence-electron chi connectivity index (χ3n) is 2.89. The van der Waals surface area contributed by atoms with Crippen molar-refractivity contribution in [2.24, 2.45) is 5.73 Å². The highest BCUT2D eigenvalue weighted by Crippen LogP contribution is 2.04. The molecular weight excluding hydrogens is 282 g/mol. The molecule has 0 aromatic heterocycles. The molecule has 0 aromatic carbocycles. The fraction of sp³-hybridized carbons (Fsp3) is 0.750. The topological polar surface area (TPSA) is 162 Å². The summed E-state index contributed by atoms with van der Waals surface area (Å²) in [5.41, 5.74) is 4.57. The molecule has 7 N–H and O–H groups in total. The predicted molar refractivity (Wildman–Crippen MR) is 74.0 cm³/mol. The minimum Gasteiger partial charge on any atom is -0.480 e. The summed E-state index contributed by atoms with van der Waals surface area (Å²) in [5, 5.41) is 30.0. The lowest BCUT2D eigenvalue weighted by Gasteiger charge is -1.99. The van der Waals surface area contributed by atoms with Gasteiger partial charge in [-0.15, -0.1) is 0 Å². The molecule has 0 amide bonds. The van der Waals surface area contributed by atoms with Gasteiger partial charge in [-0.05, 0) is 38.8 Å². The Labute approximate surface area is 122 Å². The molecule has 2 atom stereocenters. The minimum absolute atomic E-state index is 0.269. The molecule has 0 bridgehead atoms. The molecule has 0 saturated carbocycles. The van der Waals surface area contributed by atoms with Crippen LogP contribution in [0.5, 0.6) is 0 Å². The van der Waals surface area contributed by atoms with Gasteiger partial charge < -0.3 is 31.7 Å². The van der Waals surface area contributed by atoms with E-state index >= 15 is 0 Å². The van der Waals surface area contributed by atoms with Crippen molar-refractivity contribution in [2.75, 3.05) is 19.6 Å². The van der Waals surface area contributed by atoms with E-state index in [-0.39, 0.29) is 18.6 Å². The summed E-state index contributed by atoms with van der Waals surface area (Å²) in [4.78, 5) is 29.5. The average molecular weight is 305 g/mol. The molecule has 0 radical (unpaired) electrons. The lowest BCUT2D eigenvalue weighted by Crippen LogP contribution is -2.29. The van der Waals surface area contributed by atoms with Gasteiger partial charge in [0.1, 0.15) is 12.1 Å². The van der Waals surface area contributed by atoms with Crippen molar-refractivity contribution in [3.63, 3.8) is 0 Å². The van der Waals surface area contributed by atoms with Crippen LogP contribution in [0, 0.1) is 0 Å². The molecule has 9 nitrogen and oxygen atoms in total. The van der Waals surface area contributed by atoms with Gasteiger partial charge in [0.15, 0.2) is 0 Å². The maximum atomic E-state index is 10.1. The number of hydrogen-bond acceptors (Lipinski definition) is 6. The summed E-state index contributed by atoms with van der Waals surface area (Å²) in [6, 6.07) is -0.537. The van der Waals surface area contributed by atoms with E-state index in [1.807, 2.05) is 0 Å². The maximum Gasteiger partial charge on any atom is 0.320 e.